The molecule has 1 aromatic rings. The number of nitrogens with zero attached hydrogens (tertiary/aromatic N) is 3. The quantitative estimate of drug-likeness (QED) is 0.516. The zero-order chi connectivity index (χ0) is 9.14. The van der Waals surface area contributed by atoms with Gasteiger partial charge < -0.3 is 19.8 Å². The lowest BCUT2D eigenvalue weighted by Crippen LogP contribution is -2.02. The molecule has 0 spiro atoms. The van der Waals surface area contributed by atoms with Gasteiger partial charge in [0.15, 0.2) is 0 Å². The highest BCUT2D eigenvalue weighted by Crippen LogP contribution is 2.09. The number of aliphatic hydroxyl groups excluding tert-OH is 1. The normalized spacial score (nSPS) is 10.2. The third kappa shape index (κ3) is 1.59. The Morgan fingerprint density at radius 3 is 2.92 bits per heavy atom. The summed E-state index contributed by atoms with van der Waals surface area (Å²) in [5.41, 5.74) is 0. The van der Waals surface area contributed by atoms with Crippen molar-refractivity contribution < 1.29 is 10.0 Å². The Kier molecular flexibility index (Phi) is 2.39. The highest BCUT2D eigenvalue weighted by atomic mass is 16.6. The molecular weight excluding hydrogens is 162 g/mol. The molecule has 12 heavy (non-hydrogen) atoms. The molecule has 0 bridgehead atoms. The Hall–Kier alpha value is -1.43. The van der Waals surface area contributed by atoms with Gasteiger partial charge in [0.2, 0.25) is 5.82 Å². The van der Waals surface area contributed by atoms with Crippen molar-refractivity contribution in [2.45, 2.75) is 13.5 Å². The van der Waals surface area contributed by atoms with E-state index in [2.05, 4.69) is 4.98 Å². The van der Waals surface area contributed by atoms with Crippen molar-refractivity contribution in [2.24, 2.45) is 0 Å². The number of rotatable bonds is 3. The van der Waals surface area contributed by atoms with Crippen LogP contribution in [-0.4, -0.2) is 26.2 Å². The summed E-state index contributed by atoms with van der Waals surface area (Å²) in [6.07, 6.45) is 1.31. The number of imidazole rings is 1. The summed E-state index contributed by atoms with van der Waals surface area (Å²) in [5, 5.41) is 18.8. The van der Waals surface area contributed by atoms with Gasteiger partial charge in [-0.05, 0) is 9.91 Å². The lowest BCUT2D eigenvalue weighted by atomic mass is 10.6. The molecule has 0 fully saturated rings. The van der Waals surface area contributed by atoms with E-state index in [-0.39, 0.29) is 12.4 Å². The Labute approximate surface area is 68.6 Å². The summed E-state index contributed by atoms with van der Waals surface area (Å²) in [6, 6.07) is 0. The van der Waals surface area contributed by atoms with Gasteiger partial charge in [-0.2, -0.15) is 0 Å². The first-order valence-electron chi connectivity index (χ1n) is 3.44. The van der Waals surface area contributed by atoms with Crippen molar-refractivity contribution in [3.8, 4) is 0 Å². The van der Waals surface area contributed by atoms with Crippen LogP contribution in [0, 0.1) is 17.0 Å². The molecule has 66 valence electrons. The van der Waals surface area contributed by atoms with Gasteiger partial charge in [0.1, 0.15) is 6.20 Å². The Bertz CT molecular complexity index is 294. The van der Waals surface area contributed by atoms with Crippen molar-refractivity contribution in [2.75, 3.05) is 6.61 Å². The molecule has 0 aromatic carbocycles. The molecule has 0 aliphatic rings. The predicted molar refractivity (Wildman–Crippen MR) is 40.7 cm³/mol. The van der Waals surface area contributed by atoms with Crippen LogP contribution < -0.4 is 0 Å². The van der Waals surface area contributed by atoms with Crippen LogP contribution in [0.4, 0.5) is 5.82 Å². The van der Waals surface area contributed by atoms with Gasteiger partial charge >= 0.3 is 5.82 Å². The fraction of sp³-hybridized carbons (Fsp3) is 0.500. The van der Waals surface area contributed by atoms with Crippen LogP contribution in [0.1, 0.15) is 5.82 Å². The minimum atomic E-state index is -0.555. The maximum absolute atomic E-state index is 10.2. The standard InChI is InChI=1S/C6H9N3O3/c1-5-7-6(9(11)12)4-8(5)2-3-10/h4,10H,2-3H2,1H3. The Balaban J connectivity index is 2.92. The van der Waals surface area contributed by atoms with Crippen LogP contribution >= 0.6 is 0 Å². The van der Waals surface area contributed by atoms with Crippen LogP contribution in [0.5, 0.6) is 0 Å². The zero-order valence-electron chi connectivity index (χ0n) is 6.60. The maximum Gasteiger partial charge on any atom is 0.381 e. The van der Waals surface area contributed by atoms with Crippen LogP contribution in [0.15, 0.2) is 6.20 Å². The molecule has 0 radical (unpaired) electrons. The van der Waals surface area contributed by atoms with Crippen molar-refractivity contribution >= 4 is 5.82 Å². The summed E-state index contributed by atoms with van der Waals surface area (Å²) in [5.74, 6) is 0.358. The molecule has 0 amide bonds. The topological polar surface area (TPSA) is 81.2 Å². The van der Waals surface area contributed by atoms with Crippen LogP contribution in [0.2, 0.25) is 0 Å². The Morgan fingerprint density at radius 2 is 2.50 bits per heavy atom. The average molecular weight is 171 g/mol. The van der Waals surface area contributed by atoms with Gasteiger partial charge in [0.05, 0.1) is 6.61 Å². The molecule has 1 rings (SSSR count). The van der Waals surface area contributed by atoms with Crippen molar-refractivity contribution in [1.82, 2.24) is 9.55 Å². The zero-order valence-corrected chi connectivity index (χ0v) is 6.60. The largest absolute Gasteiger partial charge is 0.395 e. The summed E-state index contributed by atoms with van der Waals surface area (Å²) in [4.78, 5) is 13.4. The first-order chi connectivity index (χ1) is 5.65. The monoisotopic (exact) mass is 171 g/mol. The number of hydrogen-bond acceptors (Lipinski definition) is 4. The summed E-state index contributed by atoms with van der Waals surface area (Å²) >= 11 is 0. The molecule has 1 aromatic heterocycles. The lowest BCUT2D eigenvalue weighted by molar-refractivity contribution is -0.389. The van der Waals surface area contributed by atoms with Crippen molar-refractivity contribution in [1.29, 1.82) is 0 Å². The number of aryl methyl sites for hydroxylation is 1. The van der Waals surface area contributed by atoms with E-state index in [1.807, 2.05) is 0 Å². The van der Waals surface area contributed by atoms with Gasteiger partial charge in [-0.25, -0.2) is 0 Å². The fourth-order valence-electron chi connectivity index (χ4n) is 0.914. The molecule has 0 aliphatic carbocycles. The first-order valence-corrected chi connectivity index (χ1v) is 3.44. The first kappa shape index (κ1) is 8.66. The molecule has 0 saturated carbocycles. The molecule has 6 heteroatoms. The molecule has 1 heterocycles. The van der Waals surface area contributed by atoms with E-state index in [1.165, 1.54) is 10.8 Å². The molecule has 6 nitrogen and oxygen atoms in total. The van der Waals surface area contributed by atoms with Crippen molar-refractivity contribution in [3.63, 3.8) is 0 Å². The maximum atomic E-state index is 10.2. The van der Waals surface area contributed by atoms with Gasteiger partial charge in [-0.1, -0.05) is 0 Å². The number of nitro groups is 1. The lowest BCUT2D eigenvalue weighted by Gasteiger charge is -1.95. The van der Waals surface area contributed by atoms with E-state index in [9.17, 15) is 10.1 Å². The second-order valence-corrected chi connectivity index (χ2v) is 2.32. The minimum absolute atomic E-state index is 0.0473. The third-order valence-corrected chi connectivity index (χ3v) is 1.49. The summed E-state index contributed by atoms with van der Waals surface area (Å²) in [7, 11) is 0. The van der Waals surface area contributed by atoms with E-state index >= 15 is 0 Å². The van der Waals surface area contributed by atoms with Gasteiger partial charge in [-0.3, -0.25) is 0 Å². The van der Waals surface area contributed by atoms with E-state index in [1.54, 1.807) is 6.92 Å². The number of hydrogen-bond donors (Lipinski definition) is 1. The smallest absolute Gasteiger partial charge is 0.381 e. The highest BCUT2D eigenvalue weighted by molar-refractivity contribution is 5.16. The van der Waals surface area contributed by atoms with Gasteiger partial charge in [0.25, 0.3) is 0 Å². The van der Waals surface area contributed by atoms with Crippen molar-refractivity contribution in [3.05, 3.63) is 22.1 Å². The van der Waals surface area contributed by atoms with Crippen LogP contribution in [0.3, 0.4) is 0 Å². The fourth-order valence-corrected chi connectivity index (χ4v) is 0.914. The average Bonchev–Trinajstić information content (AvgIpc) is 2.34. The molecular formula is C6H9N3O3. The Morgan fingerprint density at radius 1 is 1.83 bits per heavy atom. The van der Waals surface area contributed by atoms with E-state index in [0.29, 0.717) is 12.4 Å². The molecule has 0 aliphatic heterocycles. The number of aliphatic hydroxyl groups is 1. The van der Waals surface area contributed by atoms with E-state index in [0.717, 1.165) is 0 Å². The predicted octanol–water partition coefficient (Wildman–Crippen LogP) is 0.0920. The highest BCUT2D eigenvalue weighted by Gasteiger charge is 2.13. The van der Waals surface area contributed by atoms with E-state index in [4.69, 9.17) is 5.11 Å². The second-order valence-electron chi connectivity index (χ2n) is 2.32. The van der Waals surface area contributed by atoms with E-state index < -0.39 is 4.92 Å². The molecule has 0 atom stereocenters. The van der Waals surface area contributed by atoms with Crippen LogP contribution in [-0.2, 0) is 6.54 Å². The van der Waals surface area contributed by atoms with Crippen LogP contribution in [0.25, 0.3) is 0 Å². The summed E-state index contributed by atoms with van der Waals surface area (Å²) in [6.45, 7) is 1.95. The summed E-state index contributed by atoms with van der Waals surface area (Å²) < 4.78 is 1.54. The minimum Gasteiger partial charge on any atom is -0.395 e. The molecule has 0 saturated heterocycles. The SMILES string of the molecule is Cc1nc([N+](=O)[O-])cn1CCO. The van der Waals surface area contributed by atoms with Gasteiger partial charge in [0, 0.05) is 13.5 Å². The molecule has 1 N–H and O–H groups in total. The number of aromatic nitrogens is 2. The third-order valence-electron chi connectivity index (χ3n) is 1.49. The second kappa shape index (κ2) is 3.31. The molecule has 0 unspecified atom stereocenters. The van der Waals surface area contributed by atoms with Gasteiger partial charge in [-0.15, -0.1) is 0 Å².